The fourth-order valence-corrected chi connectivity index (χ4v) is 2.87. The van der Waals surface area contributed by atoms with Crippen LogP contribution in [0.3, 0.4) is 0 Å². The Morgan fingerprint density at radius 1 is 0.900 bits per heavy atom. The summed E-state index contributed by atoms with van der Waals surface area (Å²) in [5.74, 6) is 0.478. The average Bonchev–Trinajstić information content (AvgIpc) is 2.38. The molecule has 0 bridgehead atoms. The van der Waals surface area contributed by atoms with Crippen LogP contribution in [0.1, 0.15) is 43.9 Å². The highest BCUT2D eigenvalue weighted by Crippen LogP contribution is 2.31. The van der Waals surface area contributed by atoms with Gasteiger partial charge in [0.25, 0.3) is 0 Å². The number of rotatable bonds is 4. The number of halogens is 2. The van der Waals surface area contributed by atoms with E-state index in [1.165, 1.54) is 5.56 Å². The Morgan fingerprint density at radius 2 is 1.60 bits per heavy atom. The highest BCUT2D eigenvalue weighted by atomic mass is 35.5. The van der Waals surface area contributed by atoms with E-state index in [1.807, 2.05) is 18.2 Å². The lowest BCUT2D eigenvalue weighted by Gasteiger charge is -2.21. The SMILES string of the molecule is CC(C)c1ccccc1NC(C)c1ccc(Cl)cc1Cl. The van der Waals surface area contributed by atoms with Crippen molar-refractivity contribution in [1.29, 1.82) is 0 Å². The van der Waals surface area contributed by atoms with E-state index in [-0.39, 0.29) is 6.04 Å². The van der Waals surface area contributed by atoms with E-state index < -0.39 is 0 Å². The van der Waals surface area contributed by atoms with Crippen LogP contribution in [-0.4, -0.2) is 0 Å². The van der Waals surface area contributed by atoms with Crippen molar-refractivity contribution < 1.29 is 0 Å². The van der Waals surface area contributed by atoms with Gasteiger partial charge in [0.1, 0.15) is 0 Å². The van der Waals surface area contributed by atoms with Crippen LogP contribution in [-0.2, 0) is 0 Å². The summed E-state index contributed by atoms with van der Waals surface area (Å²) >= 11 is 12.2. The van der Waals surface area contributed by atoms with Gasteiger partial charge in [-0.15, -0.1) is 0 Å². The number of benzene rings is 2. The van der Waals surface area contributed by atoms with E-state index in [1.54, 1.807) is 6.07 Å². The predicted molar refractivity (Wildman–Crippen MR) is 89.0 cm³/mol. The minimum atomic E-state index is 0.125. The zero-order valence-electron chi connectivity index (χ0n) is 12.0. The van der Waals surface area contributed by atoms with Gasteiger partial charge in [-0.1, -0.05) is 61.3 Å². The van der Waals surface area contributed by atoms with Gasteiger partial charge in [-0.2, -0.15) is 0 Å². The van der Waals surface area contributed by atoms with Crippen LogP contribution in [0.4, 0.5) is 5.69 Å². The Hall–Kier alpha value is -1.18. The van der Waals surface area contributed by atoms with Crippen molar-refractivity contribution in [2.45, 2.75) is 32.7 Å². The molecule has 106 valence electrons. The molecule has 0 aromatic heterocycles. The van der Waals surface area contributed by atoms with Gasteiger partial charge < -0.3 is 5.32 Å². The number of para-hydroxylation sites is 1. The average molecular weight is 308 g/mol. The summed E-state index contributed by atoms with van der Waals surface area (Å²) in [5, 5.41) is 4.90. The second-order valence-electron chi connectivity index (χ2n) is 5.27. The molecule has 1 N–H and O–H groups in total. The number of hydrogen-bond donors (Lipinski definition) is 1. The molecule has 0 saturated heterocycles. The van der Waals surface area contributed by atoms with Crippen molar-refractivity contribution in [2.75, 3.05) is 5.32 Å². The quantitative estimate of drug-likeness (QED) is 0.700. The molecule has 0 spiro atoms. The summed E-state index contributed by atoms with van der Waals surface area (Å²) in [5.41, 5.74) is 3.51. The molecule has 0 aliphatic rings. The second-order valence-corrected chi connectivity index (χ2v) is 6.12. The fraction of sp³-hybridized carbons (Fsp3) is 0.294. The first-order valence-electron chi connectivity index (χ1n) is 6.79. The molecule has 0 aliphatic heterocycles. The van der Waals surface area contributed by atoms with Crippen LogP contribution >= 0.6 is 23.2 Å². The van der Waals surface area contributed by atoms with Gasteiger partial charge in [0.2, 0.25) is 0 Å². The highest BCUT2D eigenvalue weighted by Gasteiger charge is 2.12. The Bertz CT molecular complexity index is 593. The predicted octanol–water partition coefficient (Wildman–Crippen LogP) is 6.29. The minimum Gasteiger partial charge on any atom is -0.378 e. The molecule has 0 radical (unpaired) electrons. The number of hydrogen-bond acceptors (Lipinski definition) is 1. The third kappa shape index (κ3) is 3.47. The van der Waals surface area contributed by atoms with Crippen molar-refractivity contribution in [2.24, 2.45) is 0 Å². The van der Waals surface area contributed by atoms with E-state index in [4.69, 9.17) is 23.2 Å². The smallest absolute Gasteiger partial charge is 0.0500 e. The molecule has 0 heterocycles. The van der Waals surface area contributed by atoms with Gasteiger partial charge in [0.05, 0.1) is 6.04 Å². The van der Waals surface area contributed by atoms with Gasteiger partial charge in [-0.25, -0.2) is 0 Å². The second kappa shape index (κ2) is 6.51. The van der Waals surface area contributed by atoms with E-state index in [0.29, 0.717) is 16.0 Å². The summed E-state index contributed by atoms with van der Waals surface area (Å²) in [4.78, 5) is 0. The summed E-state index contributed by atoms with van der Waals surface area (Å²) in [6.07, 6.45) is 0. The summed E-state index contributed by atoms with van der Waals surface area (Å²) in [7, 11) is 0. The Kier molecular flexibility index (Phi) is 4.95. The van der Waals surface area contributed by atoms with Gasteiger partial charge in [-0.05, 0) is 42.2 Å². The third-order valence-electron chi connectivity index (χ3n) is 3.38. The van der Waals surface area contributed by atoms with Crippen molar-refractivity contribution in [1.82, 2.24) is 0 Å². The molecule has 20 heavy (non-hydrogen) atoms. The van der Waals surface area contributed by atoms with E-state index in [9.17, 15) is 0 Å². The fourth-order valence-electron chi connectivity index (χ4n) is 2.30. The molecule has 0 amide bonds. The van der Waals surface area contributed by atoms with Crippen molar-refractivity contribution >= 4 is 28.9 Å². The maximum Gasteiger partial charge on any atom is 0.0500 e. The van der Waals surface area contributed by atoms with E-state index in [2.05, 4.69) is 44.3 Å². The maximum absolute atomic E-state index is 6.27. The molecule has 1 nitrogen and oxygen atoms in total. The van der Waals surface area contributed by atoms with Gasteiger partial charge >= 0.3 is 0 Å². The summed E-state index contributed by atoms with van der Waals surface area (Å²) < 4.78 is 0. The zero-order valence-corrected chi connectivity index (χ0v) is 13.5. The number of nitrogens with one attached hydrogen (secondary N) is 1. The summed E-state index contributed by atoms with van der Waals surface area (Å²) in [6.45, 7) is 6.49. The van der Waals surface area contributed by atoms with Crippen LogP contribution in [0, 0.1) is 0 Å². The molecule has 2 aromatic rings. The first-order chi connectivity index (χ1) is 9.49. The van der Waals surface area contributed by atoms with E-state index >= 15 is 0 Å². The van der Waals surface area contributed by atoms with Crippen molar-refractivity contribution in [3.8, 4) is 0 Å². The Morgan fingerprint density at radius 3 is 2.25 bits per heavy atom. The lowest BCUT2D eigenvalue weighted by molar-refractivity contribution is 0.841. The molecule has 0 fully saturated rings. The molecule has 0 aliphatic carbocycles. The molecule has 1 atom stereocenters. The van der Waals surface area contributed by atoms with Crippen molar-refractivity contribution in [3.05, 3.63) is 63.6 Å². The molecule has 2 rings (SSSR count). The van der Waals surface area contributed by atoms with Crippen LogP contribution in [0.5, 0.6) is 0 Å². The van der Waals surface area contributed by atoms with Crippen LogP contribution < -0.4 is 5.32 Å². The lowest BCUT2D eigenvalue weighted by atomic mass is 10.00. The van der Waals surface area contributed by atoms with Crippen LogP contribution in [0.15, 0.2) is 42.5 Å². The van der Waals surface area contributed by atoms with Crippen LogP contribution in [0.25, 0.3) is 0 Å². The van der Waals surface area contributed by atoms with Gasteiger partial charge in [0.15, 0.2) is 0 Å². The van der Waals surface area contributed by atoms with Crippen molar-refractivity contribution in [3.63, 3.8) is 0 Å². The molecule has 3 heteroatoms. The molecular formula is C17H19Cl2N. The standard InChI is InChI=1S/C17H19Cl2N/c1-11(2)14-6-4-5-7-17(14)20-12(3)15-9-8-13(18)10-16(15)19/h4-12,20H,1-3H3. The molecule has 2 aromatic carbocycles. The molecule has 0 saturated carbocycles. The van der Waals surface area contributed by atoms with Crippen LogP contribution in [0.2, 0.25) is 10.0 Å². The number of anilines is 1. The summed E-state index contributed by atoms with van der Waals surface area (Å²) in [6, 6.07) is 14.1. The minimum absolute atomic E-state index is 0.125. The maximum atomic E-state index is 6.27. The zero-order chi connectivity index (χ0) is 14.7. The topological polar surface area (TPSA) is 12.0 Å². The van der Waals surface area contributed by atoms with Gasteiger partial charge in [0, 0.05) is 15.7 Å². The molecular weight excluding hydrogens is 289 g/mol. The first-order valence-corrected chi connectivity index (χ1v) is 7.55. The normalized spacial score (nSPS) is 12.5. The molecule has 1 unspecified atom stereocenters. The monoisotopic (exact) mass is 307 g/mol. The van der Waals surface area contributed by atoms with E-state index in [0.717, 1.165) is 11.3 Å². The Labute approximate surface area is 130 Å². The first kappa shape index (κ1) is 15.2. The third-order valence-corrected chi connectivity index (χ3v) is 3.95. The Balaban J connectivity index is 2.26. The lowest BCUT2D eigenvalue weighted by Crippen LogP contribution is -2.09. The van der Waals surface area contributed by atoms with Gasteiger partial charge in [-0.3, -0.25) is 0 Å². The highest BCUT2D eigenvalue weighted by molar-refractivity contribution is 6.35. The largest absolute Gasteiger partial charge is 0.378 e.